The minimum Gasteiger partial charge on any atom is -0.506 e. The molecule has 3 aromatic carbocycles. The van der Waals surface area contributed by atoms with Gasteiger partial charge in [-0.1, -0.05) is 53.5 Å². The molecule has 0 radical (unpaired) electrons. The molecule has 2 aliphatic heterocycles. The summed E-state index contributed by atoms with van der Waals surface area (Å²) in [6, 6.07) is 18.0. The van der Waals surface area contributed by atoms with Crippen molar-refractivity contribution < 1.29 is 24.3 Å². The summed E-state index contributed by atoms with van der Waals surface area (Å²) >= 11 is 12.5. The van der Waals surface area contributed by atoms with E-state index in [1.165, 1.54) is 17.2 Å². The first-order chi connectivity index (χ1) is 16.4. The summed E-state index contributed by atoms with van der Waals surface area (Å²) in [5, 5.41) is 12.6. The van der Waals surface area contributed by atoms with Crippen LogP contribution in [-0.4, -0.2) is 29.6 Å². The molecule has 2 fully saturated rings. The van der Waals surface area contributed by atoms with Crippen molar-refractivity contribution >= 4 is 46.4 Å². The number of aromatic hydroxyl groups is 1. The highest BCUT2D eigenvalue weighted by Gasteiger charge is 2.61. The first kappa shape index (κ1) is 22.5. The standard InChI is InChI=1S/C25H20Cl2N2O5/c1-2-33-19-11-7-6-10-18(19)28-24(31)20-21(16-12-14(26)13-17(27)22(16)30)29(34-23(20)25(28)32)15-8-4-3-5-9-15/h3-13,20-21,23,30H,2H2,1H3. The fraction of sp³-hybridized carbons (Fsp3) is 0.200. The highest BCUT2D eigenvalue weighted by Crippen LogP contribution is 2.51. The molecule has 2 saturated heterocycles. The molecule has 0 aliphatic carbocycles. The minimum absolute atomic E-state index is 0.0364. The third-order valence-corrected chi connectivity index (χ3v) is 6.41. The van der Waals surface area contributed by atoms with Gasteiger partial charge in [-0.05, 0) is 43.3 Å². The van der Waals surface area contributed by atoms with Crippen LogP contribution in [0.2, 0.25) is 10.0 Å². The molecule has 9 heteroatoms. The van der Waals surface area contributed by atoms with Crippen LogP contribution in [0.1, 0.15) is 18.5 Å². The first-order valence-electron chi connectivity index (χ1n) is 10.7. The number of phenolic OH excluding ortho intramolecular Hbond substituents is 1. The number of hydroxylamine groups is 1. The zero-order valence-corrected chi connectivity index (χ0v) is 19.5. The van der Waals surface area contributed by atoms with Gasteiger partial charge in [0, 0.05) is 10.6 Å². The molecule has 1 N–H and O–H groups in total. The Hall–Kier alpha value is -3.26. The lowest BCUT2D eigenvalue weighted by Gasteiger charge is -2.29. The van der Waals surface area contributed by atoms with Gasteiger partial charge in [0.05, 0.1) is 29.0 Å². The number of amides is 2. The molecule has 0 spiro atoms. The van der Waals surface area contributed by atoms with Crippen molar-refractivity contribution in [2.45, 2.75) is 19.1 Å². The number of fused-ring (bicyclic) bond motifs is 1. The van der Waals surface area contributed by atoms with Crippen LogP contribution in [-0.2, 0) is 14.4 Å². The molecule has 2 amide bonds. The van der Waals surface area contributed by atoms with Crippen LogP contribution in [0.3, 0.4) is 0 Å². The highest BCUT2D eigenvalue weighted by atomic mass is 35.5. The molecular weight excluding hydrogens is 479 g/mol. The van der Waals surface area contributed by atoms with Crippen LogP contribution in [0.5, 0.6) is 11.5 Å². The normalized spacial score (nSPS) is 21.8. The van der Waals surface area contributed by atoms with Gasteiger partial charge in [-0.15, -0.1) is 0 Å². The fourth-order valence-corrected chi connectivity index (χ4v) is 5.01. The van der Waals surface area contributed by atoms with Crippen LogP contribution < -0.4 is 14.7 Å². The third-order valence-electron chi connectivity index (χ3n) is 5.91. The van der Waals surface area contributed by atoms with Gasteiger partial charge in [-0.3, -0.25) is 14.4 Å². The van der Waals surface area contributed by atoms with E-state index in [4.69, 9.17) is 32.8 Å². The van der Waals surface area contributed by atoms with Crippen LogP contribution in [0, 0.1) is 5.92 Å². The number of hydrogen-bond acceptors (Lipinski definition) is 6. The summed E-state index contributed by atoms with van der Waals surface area (Å²) in [7, 11) is 0. The van der Waals surface area contributed by atoms with Gasteiger partial charge in [-0.25, -0.2) is 9.96 Å². The van der Waals surface area contributed by atoms with Crippen molar-refractivity contribution in [1.82, 2.24) is 0 Å². The molecule has 0 bridgehead atoms. The van der Waals surface area contributed by atoms with Gasteiger partial charge < -0.3 is 9.84 Å². The second kappa shape index (κ2) is 8.83. The second-order valence-corrected chi connectivity index (χ2v) is 8.74. The lowest BCUT2D eigenvalue weighted by molar-refractivity contribution is -0.126. The van der Waals surface area contributed by atoms with Gasteiger partial charge in [0.2, 0.25) is 5.91 Å². The Kier molecular flexibility index (Phi) is 5.85. The maximum Gasteiger partial charge on any atom is 0.266 e. The lowest BCUT2D eigenvalue weighted by atomic mass is 9.90. The molecule has 3 unspecified atom stereocenters. The zero-order valence-electron chi connectivity index (χ0n) is 18.0. The predicted octanol–water partition coefficient (Wildman–Crippen LogP) is 5.15. The molecule has 0 aromatic heterocycles. The first-order valence-corrected chi connectivity index (χ1v) is 11.5. The summed E-state index contributed by atoms with van der Waals surface area (Å²) in [5.41, 5.74) is 1.24. The van der Waals surface area contributed by atoms with Crippen molar-refractivity contribution in [3.8, 4) is 11.5 Å². The number of anilines is 2. The molecule has 34 heavy (non-hydrogen) atoms. The maximum atomic E-state index is 13.8. The number of ether oxygens (including phenoxy) is 1. The fourth-order valence-electron chi connectivity index (χ4n) is 4.50. The second-order valence-electron chi connectivity index (χ2n) is 7.90. The minimum atomic E-state index is -1.11. The number of imide groups is 1. The van der Waals surface area contributed by atoms with Crippen molar-refractivity contribution in [3.05, 3.63) is 82.3 Å². The maximum absolute atomic E-state index is 13.8. The van der Waals surface area contributed by atoms with Crippen molar-refractivity contribution in [1.29, 1.82) is 0 Å². The molecule has 3 aromatic rings. The van der Waals surface area contributed by atoms with Crippen molar-refractivity contribution in [3.63, 3.8) is 0 Å². The number of carbonyl (C=O) groups excluding carboxylic acids is 2. The monoisotopic (exact) mass is 498 g/mol. The van der Waals surface area contributed by atoms with Crippen molar-refractivity contribution in [2.75, 3.05) is 16.6 Å². The number of nitrogens with zero attached hydrogens (tertiary/aromatic N) is 2. The van der Waals surface area contributed by atoms with Crippen LogP contribution in [0.25, 0.3) is 0 Å². The van der Waals surface area contributed by atoms with E-state index in [1.807, 2.05) is 25.1 Å². The zero-order chi connectivity index (χ0) is 24.0. The largest absolute Gasteiger partial charge is 0.506 e. The molecule has 7 nitrogen and oxygen atoms in total. The number of hydrogen-bond donors (Lipinski definition) is 1. The Labute approximate surface area is 206 Å². The van der Waals surface area contributed by atoms with E-state index < -0.39 is 29.9 Å². The number of para-hydroxylation sites is 3. The van der Waals surface area contributed by atoms with E-state index >= 15 is 0 Å². The van der Waals surface area contributed by atoms with Gasteiger partial charge in [0.25, 0.3) is 5.91 Å². The van der Waals surface area contributed by atoms with Gasteiger partial charge in [0.1, 0.15) is 17.4 Å². The number of phenols is 1. The smallest absolute Gasteiger partial charge is 0.266 e. The Bertz CT molecular complexity index is 1270. The Morgan fingerprint density at radius 3 is 2.44 bits per heavy atom. The Morgan fingerprint density at radius 1 is 1.00 bits per heavy atom. The molecular formula is C25H20Cl2N2O5. The molecule has 3 atom stereocenters. The topological polar surface area (TPSA) is 79.3 Å². The lowest BCUT2D eigenvalue weighted by Crippen LogP contribution is -2.37. The van der Waals surface area contributed by atoms with E-state index in [0.29, 0.717) is 23.7 Å². The summed E-state index contributed by atoms with van der Waals surface area (Å²) in [4.78, 5) is 34.5. The molecule has 5 rings (SSSR count). The van der Waals surface area contributed by atoms with E-state index in [0.717, 1.165) is 4.90 Å². The molecule has 2 aliphatic rings. The summed E-state index contributed by atoms with van der Waals surface area (Å²) in [6.45, 7) is 2.19. The van der Waals surface area contributed by atoms with E-state index in [1.54, 1.807) is 36.4 Å². The predicted molar refractivity (Wildman–Crippen MR) is 128 cm³/mol. The summed E-state index contributed by atoms with van der Waals surface area (Å²) in [5.74, 6) is -1.76. The van der Waals surface area contributed by atoms with E-state index in [2.05, 4.69) is 0 Å². The Balaban J connectivity index is 1.64. The average Bonchev–Trinajstić information content (AvgIpc) is 3.33. The van der Waals surface area contributed by atoms with Gasteiger partial charge in [0.15, 0.2) is 6.10 Å². The number of benzene rings is 3. The quantitative estimate of drug-likeness (QED) is 0.490. The van der Waals surface area contributed by atoms with E-state index in [9.17, 15) is 14.7 Å². The summed E-state index contributed by atoms with van der Waals surface area (Å²) in [6.07, 6.45) is -1.11. The third kappa shape index (κ3) is 3.57. The summed E-state index contributed by atoms with van der Waals surface area (Å²) < 4.78 is 5.65. The van der Waals surface area contributed by atoms with Crippen LogP contribution in [0.4, 0.5) is 11.4 Å². The Morgan fingerprint density at radius 2 is 1.71 bits per heavy atom. The number of halogens is 2. The van der Waals surface area contributed by atoms with Crippen LogP contribution >= 0.6 is 23.2 Å². The van der Waals surface area contributed by atoms with Gasteiger partial charge >= 0.3 is 0 Å². The highest BCUT2D eigenvalue weighted by molar-refractivity contribution is 6.35. The van der Waals surface area contributed by atoms with Crippen LogP contribution in [0.15, 0.2) is 66.7 Å². The number of carbonyl (C=O) groups is 2. The number of rotatable bonds is 5. The average molecular weight is 499 g/mol. The SMILES string of the molecule is CCOc1ccccc1N1C(=O)C2ON(c3ccccc3)C(c3cc(Cl)cc(Cl)c3O)C2C1=O. The molecule has 2 heterocycles. The van der Waals surface area contributed by atoms with E-state index in [-0.39, 0.29) is 21.4 Å². The van der Waals surface area contributed by atoms with Crippen molar-refractivity contribution in [2.24, 2.45) is 5.92 Å². The van der Waals surface area contributed by atoms with Gasteiger partial charge in [-0.2, -0.15) is 0 Å². The molecule has 174 valence electrons. The molecule has 0 saturated carbocycles.